The lowest BCUT2D eigenvalue weighted by Crippen LogP contribution is -2.31. The average Bonchev–Trinajstić information content (AvgIpc) is 2.55. The van der Waals surface area contributed by atoms with Crippen LogP contribution in [-0.4, -0.2) is 38.5 Å². The zero-order valence-corrected chi connectivity index (χ0v) is 12.2. The van der Waals surface area contributed by atoms with Crippen LogP contribution in [0.1, 0.15) is 0 Å². The summed E-state index contributed by atoms with van der Waals surface area (Å²) in [6.45, 7) is 1.96. The van der Waals surface area contributed by atoms with Gasteiger partial charge in [-0.15, -0.1) is 0 Å². The van der Waals surface area contributed by atoms with E-state index in [9.17, 15) is 5.11 Å². The summed E-state index contributed by atoms with van der Waals surface area (Å²) in [7, 11) is 1.64. The highest BCUT2D eigenvalue weighted by Crippen LogP contribution is 2.19. The van der Waals surface area contributed by atoms with Crippen molar-refractivity contribution in [1.82, 2.24) is 0 Å². The minimum Gasteiger partial charge on any atom is -0.497 e. The maximum Gasteiger partial charge on any atom is 0.123 e. The number of ether oxygens (including phenoxy) is 2. The van der Waals surface area contributed by atoms with E-state index < -0.39 is 0 Å². The summed E-state index contributed by atoms with van der Waals surface area (Å²) in [6, 6.07) is 17.6. The lowest BCUT2D eigenvalue weighted by molar-refractivity contribution is 0.289. The van der Waals surface area contributed by atoms with Crippen molar-refractivity contribution < 1.29 is 14.6 Å². The topological polar surface area (TPSA) is 41.9 Å². The van der Waals surface area contributed by atoms with Crippen molar-refractivity contribution in [2.75, 3.05) is 38.3 Å². The molecule has 0 aliphatic carbocycles. The van der Waals surface area contributed by atoms with Gasteiger partial charge in [0.2, 0.25) is 0 Å². The molecule has 0 bridgehead atoms. The van der Waals surface area contributed by atoms with Crippen LogP contribution in [0.4, 0.5) is 5.69 Å². The largest absolute Gasteiger partial charge is 0.497 e. The van der Waals surface area contributed by atoms with Gasteiger partial charge in [-0.2, -0.15) is 0 Å². The van der Waals surface area contributed by atoms with Gasteiger partial charge in [0, 0.05) is 18.3 Å². The lowest BCUT2D eigenvalue weighted by atomic mass is 10.3. The zero-order valence-electron chi connectivity index (χ0n) is 12.2. The van der Waals surface area contributed by atoms with Gasteiger partial charge in [0.25, 0.3) is 0 Å². The molecule has 4 heteroatoms. The van der Waals surface area contributed by atoms with E-state index in [-0.39, 0.29) is 6.61 Å². The molecule has 0 heterocycles. The smallest absolute Gasteiger partial charge is 0.123 e. The van der Waals surface area contributed by atoms with E-state index in [1.54, 1.807) is 7.11 Å². The minimum absolute atomic E-state index is 0.119. The molecule has 2 rings (SSSR count). The van der Waals surface area contributed by atoms with Gasteiger partial charge in [0.15, 0.2) is 0 Å². The Hall–Kier alpha value is -2.20. The molecule has 0 atom stereocenters. The number of aliphatic hydroxyl groups excluding tert-OH is 1. The van der Waals surface area contributed by atoms with Gasteiger partial charge in [0.1, 0.15) is 18.1 Å². The highest BCUT2D eigenvalue weighted by atomic mass is 16.5. The molecule has 0 saturated carbocycles. The van der Waals surface area contributed by atoms with Gasteiger partial charge < -0.3 is 19.5 Å². The van der Waals surface area contributed by atoms with Crippen molar-refractivity contribution in [3.63, 3.8) is 0 Å². The number of rotatable bonds is 8. The molecule has 1 N–H and O–H groups in total. The maximum absolute atomic E-state index is 9.18. The normalized spacial score (nSPS) is 10.2. The van der Waals surface area contributed by atoms with Crippen LogP contribution in [0.25, 0.3) is 0 Å². The number of methoxy groups -OCH3 is 1. The number of hydrogen-bond acceptors (Lipinski definition) is 4. The molecule has 0 aliphatic rings. The quantitative estimate of drug-likeness (QED) is 0.810. The molecule has 21 heavy (non-hydrogen) atoms. The Morgan fingerprint density at radius 1 is 0.952 bits per heavy atom. The highest BCUT2D eigenvalue weighted by Gasteiger charge is 2.05. The van der Waals surface area contributed by atoms with Crippen LogP contribution in [-0.2, 0) is 0 Å². The first-order valence-corrected chi connectivity index (χ1v) is 7.01. The molecule has 0 amide bonds. The summed E-state index contributed by atoms with van der Waals surface area (Å²) in [6.07, 6.45) is 0. The van der Waals surface area contributed by atoms with Crippen molar-refractivity contribution >= 4 is 5.69 Å². The van der Waals surface area contributed by atoms with E-state index in [2.05, 4.69) is 4.90 Å². The van der Waals surface area contributed by atoms with Crippen LogP contribution in [0.3, 0.4) is 0 Å². The van der Waals surface area contributed by atoms with E-state index >= 15 is 0 Å². The monoisotopic (exact) mass is 287 g/mol. The van der Waals surface area contributed by atoms with Gasteiger partial charge in [0.05, 0.1) is 20.3 Å². The fourth-order valence-corrected chi connectivity index (χ4v) is 2.09. The van der Waals surface area contributed by atoms with E-state index in [1.165, 1.54) is 0 Å². The SMILES string of the molecule is COc1cccc(OCCN(CCO)c2ccccc2)c1. The molecule has 0 radical (unpaired) electrons. The average molecular weight is 287 g/mol. The summed E-state index contributed by atoms with van der Waals surface area (Å²) in [5, 5.41) is 9.18. The molecule has 0 fully saturated rings. The standard InChI is InChI=1S/C17H21NO3/c1-20-16-8-5-9-17(14-16)21-13-11-18(10-12-19)15-6-3-2-4-7-15/h2-9,14,19H,10-13H2,1H3. The van der Waals surface area contributed by atoms with Gasteiger partial charge in [-0.25, -0.2) is 0 Å². The van der Waals surface area contributed by atoms with Crippen LogP contribution in [0.5, 0.6) is 11.5 Å². The summed E-state index contributed by atoms with van der Waals surface area (Å²) in [5.74, 6) is 1.56. The Bertz CT molecular complexity index is 531. The Kier molecular flexibility index (Phi) is 5.91. The minimum atomic E-state index is 0.119. The van der Waals surface area contributed by atoms with Crippen molar-refractivity contribution in [3.05, 3.63) is 54.6 Å². The maximum atomic E-state index is 9.18. The number of nitrogens with zero attached hydrogens (tertiary/aromatic N) is 1. The Morgan fingerprint density at radius 3 is 2.43 bits per heavy atom. The molecular formula is C17H21NO3. The molecule has 0 aliphatic heterocycles. The second-order valence-electron chi connectivity index (χ2n) is 4.57. The first kappa shape index (κ1) is 15.2. The van der Waals surface area contributed by atoms with Gasteiger partial charge >= 0.3 is 0 Å². The second-order valence-corrected chi connectivity index (χ2v) is 4.57. The van der Waals surface area contributed by atoms with Crippen LogP contribution in [0.2, 0.25) is 0 Å². The summed E-state index contributed by atoms with van der Waals surface area (Å²) in [4.78, 5) is 2.10. The number of hydrogen-bond donors (Lipinski definition) is 1. The molecule has 2 aromatic rings. The van der Waals surface area contributed by atoms with E-state index in [1.807, 2.05) is 54.6 Å². The van der Waals surface area contributed by atoms with Crippen molar-refractivity contribution in [1.29, 1.82) is 0 Å². The third-order valence-electron chi connectivity index (χ3n) is 3.16. The van der Waals surface area contributed by atoms with Gasteiger partial charge in [-0.05, 0) is 24.3 Å². The number of benzene rings is 2. The Labute approximate surface area is 125 Å². The fourth-order valence-electron chi connectivity index (χ4n) is 2.09. The van der Waals surface area contributed by atoms with Crippen LogP contribution < -0.4 is 14.4 Å². The first-order valence-electron chi connectivity index (χ1n) is 7.01. The number of aliphatic hydroxyl groups is 1. The summed E-state index contributed by atoms with van der Waals surface area (Å²) >= 11 is 0. The predicted molar refractivity (Wildman–Crippen MR) is 84.2 cm³/mol. The third-order valence-corrected chi connectivity index (χ3v) is 3.16. The fraction of sp³-hybridized carbons (Fsp3) is 0.294. The van der Waals surface area contributed by atoms with Crippen molar-refractivity contribution in [2.24, 2.45) is 0 Å². The Morgan fingerprint density at radius 2 is 1.71 bits per heavy atom. The van der Waals surface area contributed by atoms with E-state index in [4.69, 9.17) is 9.47 Å². The summed E-state index contributed by atoms with van der Waals surface area (Å²) < 4.78 is 10.9. The highest BCUT2D eigenvalue weighted by molar-refractivity contribution is 5.45. The molecular weight excluding hydrogens is 266 g/mol. The first-order chi connectivity index (χ1) is 10.3. The molecule has 0 spiro atoms. The molecule has 0 saturated heterocycles. The van der Waals surface area contributed by atoms with Gasteiger partial charge in [-0.3, -0.25) is 0 Å². The zero-order chi connectivity index (χ0) is 14.9. The van der Waals surface area contributed by atoms with Crippen molar-refractivity contribution in [2.45, 2.75) is 0 Å². The lowest BCUT2D eigenvalue weighted by Gasteiger charge is -2.24. The van der Waals surface area contributed by atoms with E-state index in [0.29, 0.717) is 19.7 Å². The van der Waals surface area contributed by atoms with Crippen LogP contribution in [0, 0.1) is 0 Å². The predicted octanol–water partition coefficient (Wildman–Crippen LogP) is 2.57. The molecule has 4 nitrogen and oxygen atoms in total. The molecule has 112 valence electrons. The van der Waals surface area contributed by atoms with Crippen molar-refractivity contribution in [3.8, 4) is 11.5 Å². The summed E-state index contributed by atoms with van der Waals surface area (Å²) in [5.41, 5.74) is 1.08. The van der Waals surface area contributed by atoms with Crippen LogP contribution >= 0.6 is 0 Å². The molecule has 0 unspecified atom stereocenters. The Balaban J connectivity index is 1.90. The van der Waals surface area contributed by atoms with Gasteiger partial charge in [-0.1, -0.05) is 24.3 Å². The molecule has 2 aromatic carbocycles. The second kappa shape index (κ2) is 8.17. The number of para-hydroxylation sites is 1. The van der Waals surface area contributed by atoms with E-state index in [0.717, 1.165) is 17.2 Å². The molecule has 0 aromatic heterocycles. The third kappa shape index (κ3) is 4.68. The number of anilines is 1. The van der Waals surface area contributed by atoms with Crippen LogP contribution in [0.15, 0.2) is 54.6 Å².